The average molecular weight is 517 g/mol. The molecular formula is C27H28N6O5. The molecule has 1 aromatic heterocycles. The summed E-state index contributed by atoms with van der Waals surface area (Å²) in [6.07, 6.45) is 0.393. The summed E-state index contributed by atoms with van der Waals surface area (Å²) in [5, 5.41) is 18.9. The largest absolute Gasteiger partial charge is 0.497 e. The van der Waals surface area contributed by atoms with Crippen molar-refractivity contribution in [3.8, 4) is 17.4 Å². The standard InChI is InChI=1S/C27H28N6O5/c1-33(2)13-12-28-25(34)17-14-18(16-19(15-17)37-3)30-26-29-11-10-24(32-26)38-23-9-8-22(31-27(35)36)20-6-4-5-7-21(20)23/h4-11,14-16,31H,12-13H2,1-3H3,(H,28,34)(H,35,36)(H,29,30,32). The van der Waals surface area contributed by atoms with Gasteiger partial charge in [-0.25, -0.2) is 9.78 Å². The Morgan fingerprint density at radius 1 is 1.03 bits per heavy atom. The summed E-state index contributed by atoms with van der Waals surface area (Å²) >= 11 is 0. The first-order chi connectivity index (χ1) is 18.3. The van der Waals surface area contributed by atoms with E-state index >= 15 is 0 Å². The molecule has 11 heteroatoms. The second kappa shape index (κ2) is 11.9. The van der Waals surface area contributed by atoms with Crippen molar-refractivity contribution in [1.29, 1.82) is 0 Å². The molecule has 3 aromatic carbocycles. The van der Waals surface area contributed by atoms with Crippen molar-refractivity contribution < 1.29 is 24.2 Å². The first-order valence-corrected chi connectivity index (χ1v) is 11.7. The zero-order chi connectivity index (χ0) is 27.1. The van der Waals surface area contributed by atoms with Crippen LogP contribution in [0, 0.1) is 0 Å². The molecule has 4 N–H and O–H groups in total. The number of hydrogen-bond acceptors (Lipinski definition) is 8. The third-order valence-electron chi connectivity index (χ3n) is 5.48. The van der Waals surface area contributed by atoms with E-state index in [0.717, 1.165) is 6.54 Å². The SMILES string of the molecule is COc1cc(Nc2nccc(Oc3ccc(NC(=O)O)c4ccccc34)n2)cc(C(=O)NCCN(C)C)c1. The molecule has 0 unspecified atom stereocenters. The highest BCUT2D eigenvalue weighted by atomic mass is 16.5. The third kappa shape index (κ3) is 6.65. The van der Waals surface area contributed by atoms with Gasteiger partial charge >= 0.3 is 6.09 Å². The zero-order valence-corrected chi connectivity index (χ0v) is 21.2. The average Bonchev–Trinajstić information content (AvgIpc) is 2.89. The number of aromatic nitrogens is 2. The Bertz CT molecular complexity index is 1460. The van der Waals surface area contributed by atoms with Crippen LogP contribution in [0.5, 0.6) is 17.4 Å². The summed E-state index contributed by atoms with van der Waals surface area (Å²) in [5.41, 5.74) is 1.44. The summed E-state index contributed by atoms with van der Waals surface area (Å²) in [6.45, 7) is 1.23. The second-order valence-corrected chi connectivity index (χ2v) is 8.54. The highest BCUT2D eigenvalue weighted by Crippen LogP contribution is 2.34. The lowest BCUT2D eigenvalue weighted by Gasteiger charge is -2.13. The van der Waals surface area contributed by atoms with E-state index in [1.165, 1.54) is 7.11 Å². The predicted octanol–water partition coefficient (Wildman–Crippen LogP) is 4.56. The van der Waals surface area contributed by atoms with E-state index < -0.39 is 6.09 Å². The van der Waals surface area contributed by atoms with Crippen molar-refractivity contribution in [3.05, 3.63) is 72.4 Å². The number of likely N-dealkylation sites (N-methyl/N-ethyl adjacent to an activating group) is 1. The maximum absolute atomic E-state index is 12.6. The number of fused-ring (bicyclic) bond motifs is 1. The van der Waals surface area contributed by atoms with E-state index in [1.54, 1.807) is 48.7 Å². The number of carbonyl (C=O) groups excluding carboxylic acids is 1. The number of nitrogens with one attached hydrogen (secondary N) is 3. The van der Waals surface area contributed by atoms with E-state index in [2.05, 4.69) is 25.9 Å². The summed E-state index contributed by atoms with van der Waals surface area (Å²) in [7, 11) is 5.40. The van der Waals surface area contributed by atoms with Gasteiger partial charge < -0.3 is 30.1 Å². The zero-order valence-electron chi connectivity index (χ0n) is 21.2. The molecule has 0 aliphatic rings. The molecule has 0 radical (unpaired) electrons. The lowest BCUT2D eigenvalue weighted by molar-refractivity contribution is 0.0950. The predicted molar refractivity (Wildman–Crippen MR) is 145 cm³/mol. The van der Waals surface area contributed by atoms with Crippen molar-refractivity contribution in [2.45, 2.75) is 0 Å². The van der Waals surface area contributed by atoms with Crippen LogP contribution in [0.3, 0.4) is 0 Å². The van der Waals surface area contributed by atoms with Crippen molar-refractivity contribution in [2.75, 3.05) is 44.9 Å². The Labute approximate surface area is 219 Å². The number of benzene rings is 3. The first-order valence-electron chi connectivity index (χ1n) is 11.7. The normalized spacial score (nSPS) is 10.7. The monoisotopic (exact) mass is 516 g/mol. The maximum Gasteiger partial charge on any atom is 0.409 e. The van der Waals surface area contributed by atoms with Gasteiger partial charge in [-0.05, 0) is 38.4 Å². The van der Waals surface area contributed by atoms with Crippen LogP contribution in [0.25, 0.3) is 10.8 Å². The molecule has 4 rings (SSSR count). The molecule has 1 heterocycles. The van der Waals surface area contributed by atoms with Gasteiger partial charge in [0.05, 0.1) is 12.8 Å². The fraction of sp³-hybridized carbons (Fsp3) is 0.185. The van der Waals surface area contributed by atoms with Crippen LogP contribution in [0.15, 0.2) is 66.9 Å². The van der Waals surface area contributed by atoms with Gasteiger partial charge in [0, 0.05) is 53.4 Å². The summed E-state index contributed by atoms with van der Waals surface area (Å²) in [6, 6.07) is 17.3. The van der Waals surface area contributed by atoms with Crippen molar-refractivity contribution in [2.24, 2.45) is 0 Å². The van der Waals surface area contributed by atoms with Gasteiger partial charge in [-0.2, -0.15) is 4.98 Å². The van der Waals surface area contributed by atoms with Crippen LogP contribution < -0.4 is 25.4 Å². The molecule has 0 atom stereocenters. The number of ether oxygens (including phenoxy) is 2. The number of carboxylic acid groups (broad SMARTS) is 1. The lowest BCUT2D eigenvalue weighted by Crippen LogP contribution is -2.31. The molecule has 0 saturated carbocycles. The summed E-state index contributed by atoms with van der Waals surface area (Å²) in [4.78, 5) is 34.5. The molecule has 0 aliphatic heterocycles. The van der Waals surface area contributed by atoms with Gasteiger partial charge in [0.15, 0.2) is 0 Å². The Kier molecular flexibility index (Phi) is 8.19. The number of nitrogens with zero attached hydrogens (tertiary/aromatic N) is 3. The third-order valence-corrected chi connectivity index (χ3v) is 5.48. The maximum atomic E-state index is 12.6. The van der Waals surface area contributed by atoms with Gasteiger partial charge in [-0.3, -0.25) is 10.1 Å². The fourth-order valence-corrected chi connectivity index (χ4v) is 3.70. The Balaban J connectivity index is 1.55. The van der Waals surface area contributed by atoms with Crippen molar-refractivity contribution in [1.82, 2.24) is 20.2 Å². The Morgan fingerprint density at radius 3 is 2.55 bits per heavy atom. The number of methoxy groups -OCH3 is 1. The molecule has 196 valence electrons. The molecule has 38 heavy (non-hydrogen) atoms. The minimum Gasteiger partial charge on any atom is -0.497 e. The lowest BCUT2D eigenvalue weighted by atomic mass is 10.1. The van der Waals surface area contributed by atoms with Crippen LogP contribution in [0.2, 0.25) is 0 Å². The van der Waals surface area contributed by atoms with Gasteiger partial charge in [0.2, 0.25) is 11.8 Å². The van der Waals surface area contributed by atoms with Gasteiger partial charge in [-0.15, -0.1) is 0 Å². The summed E-state index contributed by atoms with van der Waals surface area (Å²) < 4.78 is 11.4. The molecule has 0 fully saturated rings. The van der Waals surface area contributed by atoms with Crippen LogP contribution >= 0.6 is 0 Å². The first kappa shape index (κ1) is 26.2. The van der Waals surface area contributed by atoms with Crippen LogP contribution in [0.4, 0.5) is 22.1 Å². The molecule has 11 nitrogen and oxygen atoms in total. The molecule has 2 amide bonds. The second-order valence-electron chi connectivity index (χ2n) is 8.54. The van der Waals surface area contributed by atoms with E-state index in [9.17, 15) is 9.59 Å². The molecular weight excluding hydrogens is 488 g/mol. The van der Waals surface area contributed by atoms with E-state index in [-0.39, 0.29) is 17.7 Å². The minimum absolute atomic E-state index is 0.223. The van der Waals surface area contributed by atoms with E-state index in [0.29, 0.717) is 45.8 Å². The topological polar surface area (TPSA) is 138 Å². The van der Waals surface area contributed by atoms with Crippen molar-refractivity contribution >= 4 is 40.1 Å². The molecule has 0 bridgehead atoms. The van der Waals surface area contributed by atoms with Crippen LogP contribution in [-0.4, -0.2) is 66.3 Å². The fourth-order valence-electron chi connectivity index (χ4n) is 3.70. The van der Waals surface area contributed by atoms with Gasteiger partial charge in [0.25, 0.3) is 5.91 Å². The number of rotatable bonds is 10. The Morgan fingerprint density at radius 2 is 1.82 bits per heavy atom. The highest BCUT2D eigenvalue weighted by Gasteiger charge is 2.13. The van der Waals surface area contributed by atoms with E-state index in [4.69, 9.17) is 14.6 Å². The molecule has 0 aliphatic carbocycles. The number of anilines is 3. The smallest absolute Gasteiger partial charge is 0.409 e. The van der Waals surface area contributed by atoms with Crippen LogP contribution in [0.1, 0.15) is 10.4 Å². The number of amides is 2. The van der Waals surface area contributed by atoms with Crippen LogP contribution in [-0.2, 0) is 0 Å². The van der Waals surface area contributed by atoms with E-state index in [1.807, 2.05) is 37.2 Å². The van der Waals surface area contributed by atoms with Crippen molar-refractivity contribution in [3.63, 3.8) is 0 Å². The van der Waals surface area contributed by atoms with Gasteiger partial charge in [-0.1, -0.05) is 24.3 Å². The molecule has 0 spiro atoms. The highest BCUT2D eigenvalue weighted by molar-refractivity contribution is 6.02. The number of hydrogen-bond donors (Lipinski definition) is 4. The summed E-state index contributed by atoms with van der Waals surface area (Å²) in [5.74, 6) is 1.31. The van der Waals surface area contributed by atoms with Gasteiger partial charge in [0.1, 0.15) is 11.5 Å². The molecule has 4 aromatic rings. The quantitative estimate of drug-likeness (QED) is 0.239. The molecule has 0 saturated heterocycles. The number of carbonyl (C=O) groups is 2. The minimum atomic E-state index is -1.15. The Hall–Kier alpha value is -4.90.